The summed E-state index contributed by atoms with van der Waals surface area (Å²) < 4.78 is 5.08. The van der Waals surface area contributed by atoms with Crippen molar-refractivity contribution in [1.29, 1.82) is 0 Å². The van der Waals surface area contributed by atoms with Crippen molar-refractivity contribution < 1.29 is 19.1 Å². The molecule has 1 unspecified atom stereocenters. The van der Waals surface area contributed by atoms with Gasteiger partial charge in [-0.3, -0.25) is 9.59 Å². The van der Waals surface area contributed by atoms with Crippen molar-refractivity contribution in [2.24, 2.45) is 5.92 Å². The molecule has 136 valence electrons. The molecule has 1 saturated heterocycles. The Morgan fingerprint density at radius 2 is 2.08 bits per heavy atom. The molecule has 0 saturated carbocycles. The topological polar surface area (TPSA) is 96.5 Å². The summed E-state index contributed by atoms with van der Waals surface area (Å²) >= 11 is 0. The highest BCUT2D eigenvalue weighted by atomic mass is 16.5. The number of carbonyl (C=O) groups excluding carboxylic acids is 3. The van der Waals surface area contributed by atoms with Gasteiger partial charge < -0.3 is 20.7 Å². The van der Waals surface area contributed by atoms with Crippen molar-refractivity contribution in [3.63, 3.8) is 0 Å². The van der Waals surface area contributed by atoms with E-state index in [-0.39, 0.29) is 24.3 Å². The second-order valence-corrected chi connectivity index (χ2v) is 6.14. The van der Waals surface area contributed by atoms with Crippen molar-refractivity contribution >= 4 is 17.9 Å². The molecule has 0 aromatic heterocycles. The molecule has 0 radical (unpaired) electrons. The van der Waals surface area contributed by atoms with Crippen molar-refractivity contribution in [3.8, 4) is 0 Å². The van der Waals surface area contributed by atoms with E-state index in [2.05, 4.69) is 16.0 Å². The maximum absolute atomic E-state index is 12.0. The predicted octanol–water partition coefficient (Wildman–Crippen LogP) is 1.33. The fraction of sp³-hybridized carbons (Fsp3) is 0.500. The first-order valence-corrected chi connectivity index (χ1v) is 8.59. The molecule has 0 bridgehead atoms. The molecule has 0 spiro atoms. The summed E-state index contributed by atoms with van der Waals surface area (Å²) in [5.41, 5.74) is 0.880. The Morgan fingerprint density at radius 1 is 1.32 bits per heavy atom. The van der Waals surface area contributed by atoms with E-state index in [0.717, 1.165) is 31.4 Å². The Bertz CT molecular complexity index is 591. The summed E-state index contributed by atoms with van der Waals surface area (Å²) in [5.74, 6) is -0.115. The highest BCUT2D eigenvalue weighted by Crippen LogP contribution is 2.15. The lowest BCUT2D eigenvalue weighted by atomic mass is 10.0. The highest BCUT2D eigenvalue weighted by molar-refractivity contribution is 5.85. The first-order valence-electron chi connectivity index (χ1n) is 8.59. The Morgan fingerprint density at radius 3 is 2.76 bits per heavy atom. The molecule has 2 rings (SSSR count). The monoisotopic (exact) mass is 347 g/mol. The fourth-order valence-corrected chi connectivity index (χ4v) is 2.64. The van der Waals surface area contributed by atoms with E-state index in [9.17, 15) is 14.4 Å². The van der Waals surface area contributed by atoms with Crippen molar-refractivity contribution in [2.75, 3.05) is 13.1 Å². The number of rotatable bonds is 8. The van der Waals surface area contributed by atoms with Gasteiger partial charge in [-0.15, -0.1) is 0 Å². The zero-order chi connectivity index (χ0) is 18.1. The molecule has 3 amide bonds. The third-order valence-electron chi connectivity index (χ3n) is 4.13. The van der Waals surface area contributed by atoms with Crippen molar-refractivity contribution in [3.05, 3.63) is 35.9 Å². The Balaban J connectivity index is 1.59. The largest absolute Gasteiger partial charge is 0.445 e. The Kier molecular flexibility index (Phi) is 7.25. The maximum Gasteiger partial charge on any atom is 0.408 e. The van der Waals surface area contributed by atoms with E-state index in [0.29, 0.717) is 6.54 Å². The normalized spacial score (nSPS) is 17.5. The highest BCUT2D eigenvalue weighted by Gasteiger charge is 2.23. The zero-order valence-electron chi connectivity index (χ0n) is 14.4. The minimum absolute atomic E-state index is 0.0559. The number of alkyl carbamates (subject to hydrolysis) is 1. The molecule has 3 N–H and O–H groups in total. The molecule has 7 nitrogen and oxygen atoms in total. The van der Waals surface area contributed by atoms with Gasteiger partial charge in [-0.25, -0.2) is 4.79 Å². The Hall–Kier alpha value is -2.57. The van der Waals surface area contributed by atoms with Gasteiger partial charge in [0.25, 0.3) is 0 Å². The van der Waals surface area contributed by atoms with Crippen LogP contribution in [0.25, 0.3) is 0 Å². The van der Waals surface area contributed by atoms with Crippen LogP contribution in [0.2, 0.25) is 0 Å². The molecule has 1 fully saturated rings. The van der Waals surface area contributed by atoms with Crippen LogP contribution in [0.5, 0.6) is 0 Å². The first kappa shape index (κ1) is 18.8. The summed E-state index contributed by atoms with van der Waals surface area (Å²) in [4.78, 5) is 35.1. The number of hydrogen-bond donors (Lipinski definition) is 3. The first-order chi connectivity index (χ1) is 12.1. The third kappa shape index (κ3) is 6.45. The van der Waals surface area contributed by atoms with Gasteiger partial charge >= 0.3 is 6.09 Å². The smallest absolute Gasteiger partial charge is 0.408 e. The second-order valence-electron chi connectivity index (χ2n) is 6.14. The molecule has 0 aliphatic carbocycles. The minimum Gasteiger partial charge on any atom is -0.445 e. The standard InChI is InChI=1S/C18H25N3O4/c1-13(21-18(24)25-12-14-6-3-2-4-7-14)16(22)19-10-5-8-15-9-11-20-17(15)23/h2-4,6-7,13,15H,5,8-12H2,1H3,(H,19,22)(H,20,23)(H,21,24)/t13-,15?/m0/s1. The van der Waals surface area contributed by atoms with E-state index in [1.54, 1.807) is 6.92 Å². The van der Waals surface area contributed by atoms with Gasteiger partial charge in [0.1, 0.15) is 12.6 Å². The van der Waals surface area contributed by atoms with Crippen LogP contribution in [-0.4, -0.2) is 37.0 Å². The average molecular weight is 347 g/mol. The number of ether oxygens (including phenoxy) is 1. The third-order valence-corrected chi connectivity index (χ3v) is 4.13. The van der Waals surface area contributed by atoms with E-state index >= 15 is 0 Å². The summed E-state index contributed by atoms with van der Waals surface area (Å²) in [5, 5.41) is 8.06. The summed E-state index contributed by atoms with van der Waals surface area (Å²) in [6, 6.07) is 8.64. The summed E-state index contributed by atoms with van der Waals surface area (Å²) in [6.45, 7) is 2.98. The SMILES string of the molecule is C[C@H](NC(=O)OCc1ccccc1)C(=O)NCCCC1CCNC1=O. The van der Waals surface area contributed by atoms with Crippen LogP contribution < -0.4 is 16.0 Å². The van der Waals surface area contributed by atoms with E-state index in [4.69, 9.17) is 4.74 Å². The van der Waals surface area contributed by atoms with E-state index in [1.807, 2.05) is 30.3 Å². The van der Waals surface area contributed by atoms with Crippen LogP contribution in [0.15, 0.2) is 30.3 Å². The lowest BCUT2D eigenvalue weighted by molar-refractivity contribution is -0.122. The minimum atomic E-state index is -0.682. The van der Waals surface area contributed by atoms with Gasteiger partial charge in [0.05, 0.1) is 0 Å². The number of hydrogen-bond acceptors (Lipinski definition) is 4. The maximum atomic E-state index is 12.0. The molecule has 7 heteroatoms. The number of amides is 3. The van der Waals surface area contributed by atoms with E-state index < -0.39 is 12.1 Å². The average Bonchev–Trinajstić information content (AvgIpc) is 3.02. The lowest BCUT2D eigenvalue weighted by Crippen LogP contribution is -2.45. The van der Waals surface area contributed by atoms with Crippen LogP contribution in [0.1, 0.15) is 31.7 Å². The van der Waals surface area contributed by atoms with Gasteiger partial charge in [-0.2, -0.15) is 0 Å². The quantitative estimate of drug-likeness (QED) is 0.618. The number of nitrogens with one attached hydrogen (secondary N) is 3. The second kappa shape index (κ2) is 9.66. The van der Waals surface area contributed by atoms with Crippen molar-refractivity contribution in [2.45, 2.75) is 38.8 Å². The summed E-state index contributed by atoms with van der Waals surface area (Å²) in [6.07, 6.45) is 1.72. The molecular formula is C18H25N3O4. The summed E-state index contributed by atoms with van der Waals surface area (Å²) in [7, 11) is 0. The number of benzene rings is 1. The van der Waals surface area contributed by atoms with E-state index in [1.165, 1.54) is 0 Å². The fourth-order valence-electron chi connectivity index (χ4n) is 2.64. The zero-order valence-corrected chi connectivity index (χ0v) is 14.4. The van der Waals surface area contributed by atoms with Crippen molar-refractivity contribution in [1.82, 2.24) is 16.0 Å². The molecule has 1 aliphatic heterocycles. The van der Waals surface area contributed by atoms with Gasteiger partial charge in [0.15, 0.2) is 0 Å². The molecule has 1 aromatic carbocycles. The van der Waals surface area contributed by atoms with Gasteiger partial charge in [0.2, 0.25) is 11.8 Å². The predicted molar refractivity (Wildman–Crippen MR) is 92.6 cm³/mol. The van der Waals surface area contributed by atoms with Crippen LogP contribution in [-0.2, 0) is 20.9 Å². The van der Waals surface area contributed by atoms with Gasteiger partial charge in [-0.05, 0) is 31.7 Å². The van der Waals surface area contributed by atoms with Crippen LogP contribution >= 0.6 is 0 Å². The number of carbonyl (C=O) groups is 3. The lowest BCUT2D eigenvalue weighted by Gasteiger charge is -2.14. The molecule has 2 atom stereocenters. The van der Waals surface area contributed by atoms with Gasteiger partial charge in [-0.1, -0.05) is 30.3 Å². The molecule has 1 aromatic rings. The molecular weight excluding hydrogens is 322 g/mol. The van der Waals surface area contributed by atoms with Crippen LogP contribution in [0.3, 0.4) is 0 Å². The van der Waals surface area contributed by atoms with Gasteiger partial charge in [0, 0.05) is 19.0 Å². The van der Waals surface area contributed by atoms with Crippen LogP contribution in [0, 0.1) is 5.92 Å². The molecule has 1 aliphatic rings. The molecule has 1 heterocycles. The Labute approximate surface area is 147 Å². The van der Waals surface area contributed by atoms with Crippen LogP contribution in [0.4, 0.5) is 4.79 Å². The molecule has 25 heavy (non-hydrogen) atoms.